The number of hydrogen-bond acceptors (Lipinski definition) is 1. The number of rotatable bonds is 9. The second-order valence-corrected chi connectivity index (χ2v) is 4.42. The Labute approximate surface area is 98.9 Å². The van der Waals surface area contributed by atoms with Crippen LogP contribution in [0.4, 0.5) is 0 Å². The summed E-state index contributed by atoms with van der Waals surface area (Å²) >= 11 is 6.11. The molecule has 0 aromatic carbocycles. The molecular formula is C13H23ClO. The molecule has 0 rings (SSSR count). The molecule has 2 heteroatoms. The molecule has 0 fully saturated rings. The Morgan fingerprint density at radius 2 is 1.53 bits per heavy atom. The predicted octanol–water partition coefficient (Wildman–Crippen LogP) is 4.84. The Morgan fingerprint density at radius 3 is 2.00 bits per heavy atom. The zero-order valence-electron chi connectivity index (χ0n) is 10.0. The Morgan fingerprint density at radius 1 is 1.00 bits per heavy atom. The number of aldehydes is 1. The lowest BCUT2D eigenvalue weighted by Crippen LogP contribution is -1.90. The van der Waals surface area contributed by atoms with Crippen LogP contribution in [0.1, 0.15) is 65.2 Å². The van der Waals surface area contributed by atoms with Crippen LogP contribution in [-0.2, 0) is 4.79 Å². The molecule has 0 saturated heterocycles. The number of unbranched alkanes of at least 4 members (excludes halogenated alkanes) is 4. The molecule has 0 heterocycles. The minimum atomic E-state index is 0.787. The highest BCUT2D eigenvalue weighted by Crippen LogP contribution is 2.20. The first-order valence-electron chi connectivity index (χ1n) is 6.08. The van der Waals surface area contributed by atoms with Gasteiger partial charge >= 0.3 is 0 Å². The highest BCUT2D eigenvalue weighted by molar-refractivity contribution is 6.31. The monoisotopic (exact) mass is 230 g/mol. The first-order chi connectivity index (χ1) is 7.26. The summed E-state index contributed by atoms with van der Waals surface area (Å²) in [5, 5.41) is 0.787. The molecule has 88 valence electrons. The number of hydrogen-bond donors (Lipinski definition) is 0. The molecular weight excluding hydrogens is 208 g/mol. The van der Waals surface area contributed by atoms with Crippen LogP contribution in [-0.4, -0.2) is 6.29 Å². The standard InChI is InChI=1S/C13H23ClO/c1-3-5-7-9-12(11-15)13(14)10-8-6-4-2/h11H,3-10H2,1-2H3/b13-12+. The lowest BCUT2D eigenvalue weighted by Gasteiger charge is -2.04. The summed E-state index contributed by atoms with van der Waals surface area (Å²) in [6.07, 6.45) is 9.57. The molecule has 0 aliphatic heterocycles. The zero-order valence-corrected chi connectivity index (χ0v) is 10.8. The quantitative estimate of drug-likeness (QED) is 0.315. The third-order valence-corrected chi connectivity index (χ3v) is 2.97. The fourth-order valence-electron chi connectivity index (χ4n) is 1.51. The molecule has 0 aromatic rings. The summed E-state index contributed by atoms with van der Waals surface area (Å²) in [4.78, 5) is 10.8. The fourth-order valence-corrected chi connectivity index (χ4v) is 1.79. The lowest BCUT2D eigenvalue weighted by atomic mass is 10.1. The molecule has 0 aliphatic carbocycles. The predicted molar refractivity (Wildman–Crippen MR) is 67.2 cm³/mol. The summed E-state index contributed by atoms with van der Waals surface area (Å²) in [6.45, 7) is 4.33. The van der Waals surface area contributed by atoms with Crippen LogP contribution in [0.25, 0.3) is 0 Å². The molecule has 0 spiro atoms. The van der Waals surface area contributed by atoms with Crippen molar-refractivity contribution in [3.63, 3.8) is 0 Å². The van der Waals surface area contributed by atoms with Gasteiger partial charge in [-0.2, -0.15) is 0 Å². The van der Waals surface area contributed by atoms with E-state index in [4.69, 9.17) is 11.6 Å². The van der Waals surface area contributed by atoms with Gasteiger partial charge in [-0.05, 0) is 25.7 Å². The van der Waals surface area contributed by atoms with Crippen LogP contribution in [0, 0.1) is 0 Å². The van der Waals surface area contributed by atoms with E-state index >= 15 is 0 Å². The number of carbonyl (C=O) groups is 1. The van der Waals surface area contributed by atoms with E-state index in [2.05, 4.69) is 13.8 Å². The summed E-state index contributed by atoms with van der Waals surface area (Å²) in [5.74, 6) is 0. The molecule has 0 bridgehead atoms. The summed E-state index contributed by atoms with van der Waals surface area (Å²) in [7, 11) is 0. The maximum Gasteiger partial charge on any atom is 0.147 e. The SMILES string of the molecule is CCCCC/C(Cl)=C(\C=O)CCCCC. The van der Waals surface area contributed by atoms with Gasteiger partial charge in [0.2, 0.25) is 0 Å². The molecule has 0 radical (unpaired) electrons. The minimum absolute atomic E-state index is 0.787. The Hall–Kier alpha value is -0.300. The van der Waals surface area contributed by atoms with Gasteiger partial charge in [-0.3, -0.25) is 4.79 Å². The zero-order chi connectivity index (χ0) is 11.5. The third-order valence-electron chi connectivity index (χ3n) is 2.54. The van der Waals surface area contributed by atoms with Gasteiger partial charge in [0.15, 0.2) is 0 Å². The maximum atomic E-state index is 10.8. The average molecular weight is 231 g/mol. The summed E-state index contributed by atoms with van der Waals surface area (Å²) in [5.41, 5.74) is 0.821. The average Bonchev–Trinajstić information content (AvgIpc) is 2.24. The van der Waals surface area contributed by atoms with E-state index in [0.717, 1.165) is 42.6 Å². The van der Waals surface area contributed by atoms with Crippen molar-refractivity contribution < 1.29 is 4.79 Å². The fraction of sp³-hybridized carbons (Fsp3) is 0.769. The van der Waals surface area contributed by atoms with Crippen molar-refractivity contribution in [1.29, 1.82) is 0 Å². The molecule has 1 nitrogen and oxygen atoms in total. The van der Waals surface area contributed by atoms with E-state index < -0.39 is 0 Å². The minimum Gasteiger partial charge on any atom is -0.298 e. The van der Waals surface area contributed by atoms with Crippen LogP contribution in [0.15, 0.2) is 10.6 Å². The highest BCUT2D eigenvalue weighted by atomic mass is 35.5. The molecule has 0 amide bonds. The van der Waals surface area contributed by atoms with Crippen LogP contribution in [0.5, 0.6) is 0 Å². The largest absolute Gasteiger partial charge is 0.298 e. The Balaban J connectivity index is 3.96. The van der Waals surface area contributed by atoms with Gasteiger partial charge in [-0.15, -0.1) is 0 Å². The van der Waals surface area contributed by atoms with Crippen molar-refractivity contribution in [1.82, 2.24) is 0 Å². The molecule has 0 saturated carbocycles. The molecule has 0 aromatic heterocycles. The van der Waals surface area contributed by atoms with E-state index in [9.17, 15) is 4.79 Å². The van der Waals surface area contributed by atoms with Gasteiger partial charge < -0.3 is 0 Å². The summed E-state index contributed by atoms with van der Waals surface area (Å²) < 4.78 is 0. The first kappa shape index (κ1) is 14.7. The maximum absolute atomic E-state index is 10.8. The molecule has 0 unspecified atom stereocenters. The third kappa shape index (κ3) is 7.61. The second kappa shape index (κ2) is 10.2. The van der Waals surface area contributed by atoms with E-state index in [1.54, 1.807) is 0 Å². The second-order valence-electron chi connectivity index (χ2n) is 3.96. The number of allylic oxidation sites excluding steroid dienone is 2. The molecule has 0 atom stereocenters. The smallest absolute Gasteiger partial charge is 0.147 e. The molecule has 15 heavy (non-hydrogen) atoms. The van der Waals surface area contributed by atoms with E-state index in [0.29, 0.717) is 0 Å². The van der Waals surface area contributed by atoms with E-state index in [1.807, 2.05) is 0 Å². The van der Waals surface area contributed by atoms with Crippen molar-refractivity contribution >= 4 is 17.9 Å². The van der Waals surface area contributed by atoms with Crippen molar-refractivity contribution in [3.8, 4) is 0 Å². The first-order valence-corrected chi connectivity index (χ1v) is 6.46. The lowest BCUT2D eigenvalue weighted by molar-refractivity contribution is -0.105. The topological polar surface area (TPSA) is 17.1 Å². The van der Waals surface area contributed by atoms with Crippen molar-refractivity contribution in [2.24, 2.45) is 0 Å². The van der Waals surface area contributed by atoms with Gasteiger partial charge in [0, 0.05) is 10.6 Å². The highest BCUT2D eigenvalue weighted by Gasteiger charge is 2.03. The normalized spacial score (nSPS) is 12.5. The van der Waals surface area contributed by atoms with Gasteiger partial charge in [0.05, 0.1) is 0 Å². The van der Waals surface area contributed by atoms with Crippen LogP contribution >= 0.6 is 11.6 Å². The van der Waals surface area contributed by atoms with Crippen molar-refractivity contribution in [2.45, 2.75) is 65.2 Å². The Kier molecular flexibility index (Phi) is 10.0. The van der Waals surface area contributed by atoms with Crippen LogP contribution < -0.4 is 0 Å². The van der Waals surface area contributed by atoms with E-state index in [-0.39, 0.29) is 0 Å². The number of halogens is 1. The molecule has 0 aliphatic rings. The van der Waals surface area contributed by atoms with Gasteiger partial charge in [-0.1, -0.05) is 51.1 Å². The number of carbonyl (C=O) groups excluding carboxylic acids is 1. The molecule has 0 N–H and O–H groups in total. The Bertz CT molecular complexity index is 197. The van der Waals surface area contributed by atoms with Gasteiger partial charge in [0.25, 0.3) is 0 Å². The summed E-state index contributed by atoms with van der Waals surface area (Å²) in [6, 6.07) is 0. The van der Waals surface area contributed by atoms with Crippen LogP contribution in [0.3, 0.4) is 0 Å². The van der Waals surface area contributed by atoms with Gasteiger partial charge in [-0.25, -0.2) is 0 Å². The van der Waals surface area contributed by atoms with Crippen LogP contribution in [0.2, 0.25) is 0 Å². The van der Waals surface area contributed by atoms with Crippen molar-refractivity contribution in [3.05, 3.63) is 10.6 Å². The van der Waals surface area contributed by atoms with Gasteiger partial charge in [0.1, 0.15) is 6.29 Å². The van der Waals surface area contributed by atoms with Crippen molar-refractivity contribution in [2.75, 3.05) is 0 Å². The van der Waals surface area contributed by atoms with E-state index in [1.165, 1.54) is 25.7 Å².